The van der Waals surface area contributed by atoms with Crippen molar-refractivity contribution in [1.29, 1.82) is 0 Å². The standard InChI is InChI=1S/C8H10O/c1-5-6-3-2-4-7(6)8(5)9/h2,4-7H,3H2,1H3/t5?,6-,7-/m1/s1. The Kier molecular flexibility index (Phi) is 0.850. The van der Waals surface area contributed by atoms with E-state index in [0.29, 0.717) is 23.5 Å². The molecule has 0 aromatic heterocycles. The minimum absolute atomic E-state index is 0.319. The van der Waals surface area contributed by atoms with E-state index >= 15 is 0 Å². The lowest BCUT2D eigenvalue weighted by Gasteiger charge is -2.35. The van der Waals surface area contributed by atoms with E-state index in [1.165, 1.54) is 0 Å². The highest BCUT2D eigenvalue weighted by molar-refractivity contribution is 5.92. The molecule has 2 aliphatic carbocycles. The second-order valence-electron chi connectivity index (χ2n) is 3.04. The third-order valence-corrected chi connectivity index (χ3v) is 2.63. The predicted molar refractivity (Wildman–Crippen MR) is 34.9 cm³/mol. The van der Waals surface area contributed by atoms with Gasteiger partial charge in [0.2, 0.25) is 0 Å². The molecule has 1 unspecified atom stereocenters. The van der Waals surface area contributed by atoms with Crippen LogP contribution in [0, 0.1) is 17.8 Å². The van der Waals surface area contributed by atoms with Gasteiger partial charge in [-0.2, -0.15) is 0 Å². The zero-order chi connectivity index (χ0) is 6.43. The van der Waals surface area contributed by atoms with Gasteiger partial charge in [0.25, 0.3) is 0 Å². The van der Waals surface area contributed by atoms with Crippen LogP contribution in [0.25, 0.3) is 0 Å². The molecule has 0 bridgehead atoms. The first-order valence-electron chi connectivity index (χ1n) is 3.51. The molecule has 3 atom stereocenters. The summed E-state index contributed by atoms with van der Waals surface area (Å²) in [6.07, 6.45) is 5.33. The lowest BCUT2D eigenvalue weighted by molar-refractivity contribution is -0.137. The first kappa shape index (κ1) is 5.21. The fourth-order valence-corrected chi connectivity index (χ4v) is 1.89. The number of fused-ring (bicyclic) bond motifs is 1. The van der Waals surface area contributed by atoms with Gasteiger partial charge in [0, 0.05) is 11.8 Å². The number of carbonyl (C=O) groups excluding carboxylic acids is 1. The molecule has 1 nitrogen and oxygen atoms in total. The summed E-state index contributed by atoms with van der Waals surface area (Å²) in [6.45, 7) is 2.04. The lowest BCUT2D eigenvalue weighted by atomic mass is 9.66. The number of hydrogen-bond donors (Lipinski definition) is 0. The number of carbonyl (C=O) groups is 1. The van der Waals surface area contributed by atoms with Crippen molar-refractivity contribution in [3.63, 3.8) is 0 Å². The van der Waals surface area contributed by atoms with E-state index in [0.717, 1.165) is 6.42 Å². The summed E-state index contributed by atoms with van der Waals surface area (Å²) < 4.78 is 0. The highest BCUT2D eigenvalue weighted by Gasteiger charge is 2.46. The van der Waals surface area contributed by atoms with Crippen LogP contribution in [0.2, 0.25) is 0 Å². The van der Waals surface area contributed by atoms with Crippen LogP contribution in [-0.4, -0.2) is 5.78 Å². The van der Waals surface area contributed by atoms with Gasteiger partial charge in [-0.1, -0.05) is 19.1 Å². The average molecular weight is 122 g/mol. The maximum atomic E-state index is 11.0. The number of ketones is 1. The van der Waals surface area contributed by atoms with Crippen molar-refractivity contribution in [3.05, 3.63) is 12.2 Å². The zero-order valence-corrected chi connectivity index (χ0v) is 5.50. The highest BCUT2D eigenvalue weighted by Crippen LogP contribution is 2.43. The van der Waals surface area contributed by atoms with Crippen LogP contribution in [0.5, 0.6) is 0 Å². The maximum absolute atomic E-state index is 11.0. The molecule has 0 N–H and O–H groups in total. The normalized spacial score (nSPS) is 46.8. The maximum Gasteiger partial charge on any atom is 0.143 e. The van der Waals surface area contributed by atoms with Gasteiger partial charge >= 0.3 is 0 Å². The van der Waals surface area contributed by atoms with E-state index in [-0.39, 0.29) is 0 Å². The van der Waals surface area contributed by atoms with E-state index in [1.54, 1.807) is 0 Å². The van der Waals surface area contributed by atoms with E-state index in [1.807, 2.05) is 6.92 Å². The molecule has 0 saturated heterocycles. The molecule has 2 rings (SSSR count). The zero-order valence-electron chi connectivity index (χ0n) is 5.50. The van der Waals surface area contributed by atoms with Gasteiger partial charge in [0.15, 0.2) is 0 Å². The summed E-state index contributed by atoms with van der Waals surface area (Å²) in [5.74, 6) is 1.80. The molecule has 0 spiro atoms. The van der Waals surface area contributed by atoms with Crippen LogP contribution < -0.4 is 0 Å². The second kappa shape index (κ2) is 1.47. The molecule has 0 amide bonds. The second-order valence-corrected chi connectivity index (χ2v) is 3.04. The van der Waals surface area contributed by atoms with Crippen LogP contribution in [0.4, 0.5) is 0 Å². The summed E-state index contributed by atoms with van der Waals surface area (Å²) in [5, 5.41) is 0. The molecule has 0 heterocycles. The van der Waals surface area contributed by atoms with Crippen molar-refractivity contribution in [2.24, 2.45) is 17.8 Å². The van der Waals surface area contributed by atoms with Crippen molar-refractivity contribution < 1.29 is 4.79 Å². The van der Waals surface area contributed by atoms with Crippen LogP contribution >= 0.6 is 0 Å². The molecule has 0 aromatic carbocycles. The smallest absolute Gasteiger partial charge is 0.143 e. The van der Waals surface area contributed by atoms with Crippen LogP contribution in [0.1, 0.15) is 13.3 Å². The largest absolute Gasteiger partial charge is 0.299 e. The molecule has 1 saturated carbocycles. The Morgan fingerprint density at radius 2 is 2.44 bits per heavy atom. The van der Waals surface area contributed by atoms with Gasteiger partial charge in [0.05, 0.1) is 0 Å². The fourth-order valence-electron chi connectivity index (χ4n) is 1.89. The fraction of sp³-hybridized carbons (Fsp3) is 0.625. The van der Waals surface area contributed by atoms with Gasteiger partial charge in [-0.05, 0) is 12.3 Å². The average Bonchev–Trinajstić information content (AvgIpc) is 2.30. The van der Waals surface area contributed by atoms with Crippen LogP contribution in [0.15, 0.2) is 12.2 Å². The SMILES string of the molecule is CC1C(=O)[C@@H]2C=CC[C@H]12. The first-order valence-corrected chi connectivity index (χ1v) is 3.51. The molecular formula is C8H10O. The Bertz CT molecular complexity index is 181. The number of hydrogen-bond acceptors (Lipinski definition) is 1. The lowest BCUT2D eigenvalue weighted by Crippen LogP contribution is -2.42. The Balaban J connectivity index is 2.21. The number of Topliss-reactive ketones (excluding diaryl/α,β-unsaturated/α-hetero) is 1. The van der Waals surface area contributed by atoms with Gasteiger partial charge in [0.1, 0.15) is 5.78 Å². The predicted octanol–water partition coefficient (Wildman–Crippen LogP) is 1.40. The van der Waals surface area contributed by atoms with E-state index in [9.17, 15) is 4.79 Å². The molecule has 0 radical (unpaired) electrons. The minimum Gasteiger partial charge on any atom is -0.299 e. The number of rotatable bonds is 0. The quantitative estimate of drug-likeness (QED) is 0.444. The van der Waals surface area contributed by atoms with E-state index in [4.69, 9.17) is 0 Å². The van der Waals surface area contributed by atoms with Crippen molar-refractivity contribution in [1.82, 2.24) is 0 Å². The molecule has 0 aromatic rings. The minimum atomic E-state index is 0.319. The van der Waals surface area contributed by atoms with Crippen molar-refractivity contribution in [2.75, 3.05) is 0 Å². The molecule has 1 fully saturated rings. The van der Waals surface area contributed by atoms with Crippen LogP contribution in [0.3, 0.4) is 0 Å². The summed E-state index contributed by atoms with van der Waals surface area (Å²) in [6, 6.07) is 0. The van der Waals surface area contributed by atoms with Gasteiger partial charge in [-0.25, -0.2) is 0 Å². The molecule has 9 heavy (non-hydrogen) atoms. The monoisotopic (exact) mass is 122 g/mol. The number of allylic oxidation sites excluding steroid dienone is 2. The van der Waals surface area contributed by atoms with Crippen LogP contribution in [-0.2, 0) is 4.79 Å². The van der Waals surface area contributed by atoms with Crippen molar-refractivity contribution >= 4 is 5.78 Å². The summed E-state index contributed by atoms with van der Waals surface area (Å²) >= 11 is 0. The molecule has 0 aliphatic heterocycles. The third-order valence-electron chi connectivity index (χ3n) is 2.63. The van der Waals surface area contributed by atoms with Gasteiger partial charge in [-0.15, -0.1) is 0 Å². The first-order chi connectivity index (χ1) is 4.30. The Labute approximate surface area is 54.8 Å². The molecule has 1 heteroatoms. The summed E-state index contributed by atoms with van der Waals surface area (Å²) in [7, 11) is 0. The Morgan fingerprint density at radius 1 is 1.67 bits per heavy atom. The Morgan fingerprint density at radius 3 is 3.11 bits per heavy atom. The summed E-state index contributed by atoms with van der Waals surface area (Å²) in [4.78, 5) is 11.0. The van der Waals surface area contributed by atoms with Gasteiger partial charge in [-0.3, -0.25) is 4.79 Å². The van der Waals surface area contributed by atoms with E-state index < -0.39 is 0 Å². The highest BCUT2D eigenvalue weighted by atomic mass is 16.1. The topological polar surface area (TPSA) is 17.1 Å². The molecule has 48 valence electrons. The van der Waals surface area contributed by atoms with Gasteiger partial charge < -0.3 is 0 Å². The van der Waals surface area contributed by atoms with Crippen molar-refractivity contribution in [2.45, 2.75) is 13.3 Å². The molecular weight excluding hydrogens is 112 g/mol. The Hall–Kier alpha value is -0.590. The summed E-state index contributed by atoms with van der Waals surface area (Å²) in [5.41, 5.74) is 0. The third kappa shape index (κ3) is 0.473. The van der Waals surface area contributed by atoms with Crippen molar-refractivity contribution in [3.8, 4) is 0 Å². The van der Waals surface area contributed by atoms with E-state index in [2.05, 4.69) is 12.2 Å². The molecule has 2 aliphatic rings.